The Morgan fingerprint density at radius 1 is 1.05 bits per heavy atom. The average Bonchev–Trinajstić information content (AvgIpc) is 2.65. The maximum Gasteiger partial charge on any atom is 0.0220 e. The Kier molecular flexibility index (Phi) is 6.11. The fourth-order valence-electron chi connectivity index (χ4n) is 4.03. The second-order valence-corrected chi connectivity index (χ2v) is 6.79. The van der Waals surface area contributed by atoms with Gasteiger partial charge in [-0.15, -0.1) is 0 Å². The Labute approximate surface area is 119 Å². The quantitative estimate of drug-likeness (QED) is 0.770. The number of hydrogen-bond acceptors (Lipinski definition) is 3. The summed E-state index contributed by atoms with van der Waals surface area (Å²) in [5.74, 6) is 0.851. The summed E-state index contributed by atoms with van der Waals surface area (Å²) in [6.45, 7) is 3.82. The molecule has 0 spiro atoms. The van der Waals surface area contributed by atoms with Crippen LogP contribution in [0.15, 0.2) is 0 Å². The van der Waals surface area contributed by atoms with Gasteiger partial charge in [-0.2, -0.15) is 0 Å². The summed E-state index contributed by atoms with van der Waals surface area (Å²) < 4.78 is 0. The Balaban J connectivity index is 1.80. The highest BCUT2D eigenvalue weighted by Gasteiger charge is 2.26. The van der Waals surface area contributed by atoms with E-state index in [4.69, 9.17) is 0 Å². The molecule has 19 heavy (non-hydrogen) atoms. The van der Waals surface area contributed by atoms with Crippen LogP contribution in [0.25, 0.3) is 0 Å². The van der Waals surface area contributed by atoms with E-state index in [1.165, 1.54) is 64.6 Å². The molecule has 0 aromatic rings. The normalized spacial score (nSPS) is 33.8. The van der Waals surface area contributed by atoms with Crippen LogP contribution in [0.3, 0.4) is 0 Å². The van der Waals surface area contributed by atoms with E-state index in [2.05, 4.69) is 36.3 Å². The van der Waals surface area contributed by atoms with Crippen molar-refractivity contribution in [3.63, 3.8) is 0 Å². The van der Waals surface area contributed by atoms with Gasteiger partial charge < -0.3 is 15.1 Å². The third-order valence-corrected chi connectivity index (χ3v) is 5.27. The molecule has 3 atom stereocenters. The molecule has 0 amide bonds. The first-order valence-corrected chi connectivity index (χ1v) is 8.26. The predicted octanol–water partition coefficient (Wildman–Crippen LogP) is 2.18. The first-order chi connectivity index (χ1) is 9.20. The van der Waals surface area contributed by atoms with Crippen LogP contribution in [0.5, 0.6) is 0 Å². The summed E-state index contributed by atoms with van der Waals surface area (Å²) in [5, 5.41) is 3.56. The minimum absolute atomic E-state index is 0.742. The van der Waals surface area contributed by atoms with Gasteiger partial charge in [0.15, 0.2) is 0 Å². The largest absolute Gasteiger partial charge is 0.317 e. The van der Waals surface area contributed by atoms with Crippen LogP contribution in [-0.2, 0) is 0 Å². The molecule has 1 heterocycles. The van der Waals surface area contributed by atoms with Crippen molar-refractivity contribution in [2.75, 3.05) is 40.8 Å². The maximum atomic E-state index is 3.56. The molecule has 2 rings (SSSR count). The van der Waals surface area contributed by atoms with Gasteiger partial charge in [0.25, 0.3) is 0 Å². The predicted molar refractivity (Wildman–Crippen MR) is 82.6 cm³/mol. The van der Waals surface area contributed by atoms with E-state index in [1.54, 1.807) is 0 Å². The molecule has 3 nitrogen and oxygen atoms in total. The zero-order valence-electron chi connectivity index (χ0n) is 13.2. The first kappa shape index (κ1) is 15.3. The van der Waals surface area contributed by atoms with Gasteiger partial charge in [0.1, 0.15) is 0 Å². The summed E-state index contributed by atoms with van der Waals surface area (Å²) in [5.41, 5.74) is 0. The molecule has 3 heteroatoms. The third-order valence-electron chi connectivity index (χ3n) is 5.27. The van der Waals surface area contributed by atoms with E-state index < -0.39 is 0 Å². The summed E-state index contributed by atoms with van der Waals surface area (Å²) in [6.07, 6.45) is 9.84. The maximum absolute atomic E-state index is 3.56. The molecular formula is C16H33N3. The van der Waals surface area contributed by atoms with Gasteiger partial charge in [0, 0.05) is 25.2 Å². The lowest BCUT2D eigenvalue weighted by Crippen LogP contribution is -2.43. The van der Waals surface area contributed by atoms with Crippen molar-refractivity contribution >= 4 is 0 Å². The topological polar surface area (TPSA) is 18.5 Å². The van der Waals surface area contributed by atoms with Crippen molar-refractivity contribution in [2.45, 2.75) is 57.0 Å². The van der Waals surface area contributed by atoms with Gasteiger partial charge in [-0.05, 0) is 59.3 Å². The summed E-state index contributed by atoms with van der Waals surface area (Å²) >= 11 is 0. The van der Waals surface area contributed by atoms with Crippen LogP contribution in [0, 0.1) is 5.92 Å². The van der Waals surface area contributed by atoms with E-state index in [0.717, 1.165) is 18.0 Å². The lowest BCUT2D eigenvalue weighted by molar-refractivity contribution is 0.180. The highest BCUT2D eigenvalue weighted by atomic mass is 15.2. The number of nitrogens with zero attached hydrogens (tertiary/aromatic N) is 2. The lowest BCUT2D eigenvalue weighted by atomic mass is 9.94. The molecule has 1 aliphatic heterocycles. The third kappa shape index (κ3) is 4.44. The molecule has 1 aliphatic carbocycles. The van der Waals surface area contributed by atoms with Crippen LogP contribution < -0.4 is 5.32 Å². The van der Waals surface area contributed by atoms with Crippen molar-refractivity contribution in [3.8, 4) is 0 Å². The summed E-state index contributed by atoms with van der Waals surface area (Å²) in [4.78, 5) is 5.13. The fraction of sp³-hybridized carbons (Fsp3) is 1.00. The molecule has 0 bridgehead atoms. The van der Waals surface area contributed by atoms with Gasteiger partial charge in [0.2, 0.25) is 0 Å². The average molecular weight is 267 g/mol. The molecule has 0 aromatic carbocycles. The Hall–Kier alpha value is -0.120. The smallest absolute Gasteiger partial charge is 0.0220 e. The van der Waals surface area contributed by atoms with Gasteiger partial charge in [0.05, 0.1) is 0 Å². The molecule has 3 unspecified atom stereocenters. The van der Waals surface area contributed by atoms with Crippen LogP contribution in [0.2, 0.25) is 0 Å². The number of rotatable bonds is 5. The molecule has 1 saturated heterocycles. The van der Waals surface area contributed by atoms with Gasteiger partial charge in [-0.1, -0.05) is 19.3 Å². The zero-order chi connectivity index (χ0) is 13.7. The highest BCUT2D eigenvalue weighted by molar-refractivity contribution is 4.83. The first-order valence-electron chi connectivity index (χ1n) is 8.26. The second-order valence-electron chi connectivity index (χ2n) is 6.79. The molecule has 1 N–H and O–H groups in total. The zero-order valence-corrected chi connectivity index (χ0v) is 13.2. The molecule has 112 valence electrons. The SMILES string of the molecule is CNC1CCCCCC1CN(C)CC1CCCN1C. The Bertz CT molecular complexity index is 256. The van der Waals surface area contributed by atoms with E-state index >= 15 is 0 Å². The van der Waals surface area contributed by atoms with Crippen LogP contribution in [0.1, 0.15) is 44.9 Å². The van der Waals surface area contributed by atoms with Crippen molar-refractivity contribution in [3.05, 3.63) is 0 Å². The summed E-state index contributed by atoms with van der Waals surface area (Å²) in [7, 11) is 6.76. The van der Waals surface area contributed by atoms with Crippen molar-refractivity contribution in [1.29, 1.82) is 0 Å². The Morgan fingerprint density at radius 2 is 1.84 bits per heavy atom. The number of likely N-dealkylation sites (N-methyl/N-ethyl adjacent to an activating group) is 2. The summed E-state index contributed by atoms with van der Waals surface area (Å²) in [6, 6.07) is 1.54. The Morgan fingerprint density at radius 3 is 2.53 bits per heavy atom. The molecule has 0 aromatic heterocycles. The minimum Gasteiger partial charge on any atom is -0.317 e. The molecule has 0 radical (unpaired) electrons. The van der Waals surface area contributed by atoms with Gasteiger partial charge in [-0.25, -0.2) is 0 Å². The number of likely N-dealkylation sites (tertiary alicyclic amines) is 1. The van der Waals surface area contributed by atoms with Gasteiger partial charge >= 0.3 is 0 Å². The van der Waals surface area contributed by atoms with Crippen molar-refractivity contribution in [2.24, 2.45) is 5.92 Å². The van der Waals surface area contributed by atoms with E-state index in [9.17, 15) is 0 Å². The molecule has 1 saturated carbocycles. The minimum atomic E-state index is 0.742. The number of hydrogen-bond donors (Lipinski definition) is 1. The highest BCUT2D eigenvalue weighted by Crippen LogP contribution is 2.24. The van der Waals surface area contributed by atoms with Crippen LogP contribution >= 0.6 is 0 Å². The van der Waals surface area contributed by atoms with E-state index in [0.29, 0.717) is 0 Å². The number of nitrogens with one attached hydrogen (secondary N) is 1. The monoisotopic (exact) mass is 267 g/mol. The van der Waals surface area contributed by atoms with Crippen LogP contribution in [-0.4, -0.2) is 62.7 Å². The molecule has 2 fully saturated rings. The van der Waals surface area contributed by atoms with Crippen molar-refractivity contribution < 1.29 is 0 Å². The van der Waals surface area contributed by atoms with Gasteiger partial charge in [-0.3, -0.25) is 0 Å². The molecular weight excluding hydrogens is 234 g/mol. The molecule has 2 aliphatic rings. The fourth-order valence-corrected chi connectivity index (χ4v) is 4.03. The van der Waals surface area contributed by atoms with E-state index in [1.807, 2.05) is 0 Å². The lowest BCUT2D eigenvalue weighted by Gasteiger charge is -2.32. The standard InChI is InChI=1S/C16H33N3/c1-17-16-10-6-4-5-8-14(16)12-18(2)13-15-9-7-11-19(15)3/h14-17H,4-13H2,1-3H3. The van der Waals surface area contributed by atoms with Crippen molar-refractivity contribution in [1.82, 2.24) is 15.1 Å². The van der Waals surface area contributed by atoms with E-state index in [-0.39, 0.29) is 0 Å². The second kappa shape index (κ2) is 7.61. The van der Waals surface area contributed by atoms with Crippen LogP contribution in [0.4, 0.5) is 0 Å².